The highest BCUT2D eigenvalue weighted by molar-refractivity contribution is 9.10. The van der Waals surface area contributed by atoms with Crippen LogP contribution < -0.4 is 0 Å². The molecule has 0 bridgehead atoms. The first-order valence-corrected chi connectivity index (χ1v) is 11.5. The predicted molar refractivity (Wildman–Crippen MR) is 89.4 cm³/mol. The molecule has 0 aliphatic carbocycles. The molecule has 0 atom stereocenters. The number of aromatic nitrogens is 2. The Labute approximate surface area is 138 Å². The van der Waals surface area contributed by atoms with Crippen molar-refractivity contribution >= 4 is 24.0 Å². The topological polar surface area (TPSA) is 27.1 Å². The van der Waals surface area contributed by atoms with E-state index in [0.717, 1.165) is 6.04 Å². The molecule has 2 aromatic rings. The van der Waals surface area contributed by atoms with Crippen LogP contribution in [0.1, 0.15) is 0 Å². The molecule has 1 aromatic carbocycles. The van der Waals surface area contributed by atoms with Crippen molar-refractivity contribution in [3.05, 3.63) is 40.5 Å². The molecule has 0 aliphatic rings. The van der Waals surface area contributed by atoms with Crippen molar-refractivity contribution in [1.82, 2.24) is 9.78 Å². The van der Waals surface area contributed by atoms with Crippen molar-refractivity contribution in [2.24, 2.45) is 0 Å². The lowest BCUT2D eigenvalue weighted by molar-refractivity contribution is 0.0787. The molecule has 0 saturated carbocycles. The van der Waals surface area contributed by atoms with Gasteiger partial charge in [-0.15, -0.1) is 0 Å². The molecule has 22 heavy (non-hydrogen) atoms. The Balaban J connectivity index is 2.02. The van der Waals surface area contributed by atoms with Gasteiger partial charge in [-0.1, -0.05) is 19.6 Å². The lowest BCUT2D eigenvalue weighted by atomic mass is 10.1. The molecule has 0 spiro atoms. The molecule has 7 heteroatoms. The monoisotopic (exact) mass is 388 g/mol. The SMILES string of the molecule is C[Si](C)(C)CCOCn1ccc(-c2ccc(F)c(Br)c2F)n1. The highest BCUT2D eigenvalue weighted by atomic mass is 79.9. The second-order valence-electron chi connectivity index (χ2n) is 6.31. The fourth-order valence-corrected chi connectivity index (χ4v) is 2.94. The third-order valence-corrected chi connectivity index (χ3v) is 5.60. The van der Waals surface area contributed by atoms with Crippen LogP contribution in [0.25, 0.3) is 11.3 Å². The zero-order chi connectivity index (χ0) is 16.3. The minimum Gasteiger partial charge on any atom is -0.360 e. The molecule has 0 radical (unpaired) electrons. The third kappa shape index (κ3) is 4.47. The summed E-state index contributed by atoms with van der Waals surface area (Å²) >= 11 is 2.90. The van der Waals surface area contributed by atoms with Crippen molar-refractivity contribution in [2.45, 2.75) is 32.4 Å². The number of nitrogens with zero attached hydrogens (tertiary/aromatic N) is 2. The summed E-state index contributed by atoms with van der Waals surface area (Å²) in [5.74, 6) is -1.28. The molecule has 1 heterocycles. The van der Waals surface area contributed by atoms with E-state index in [1.807, 2.05) is 0 Å². The molecule has 120 valence electrons. The van der Waals surface area contributed by atoms with E-state index in [2.05, 4.69) is 40.7 Å². The molecule has 0 saturated heterocycles. The van der Waals surface area contributed by atoms with Crippen molar-refractivity contribution in [3.63, 3.8) is 0 Å². The standard InChI is InChI=1S/C15H19BrF2N2OSi/c1-22(2,3)9-8-21-10-20-7-6-13(19-20)11-4-5-12(17)14(16)15(11)18/h4-7H,8-10H2,1-3H3. The zero-order valence-electron chi connectivity index (χ0n) is 12.9. The van der Waals surface area contributed by atoms with Gasteiger partial charge < -0.3 is 4.74 Å². The number of benzene rings is 1. The Hall–Kier alpha value is -1.05. The van der Waals surface area contributed by atoms with Gasteiger partial charge in [-0.3, -0.25) is 0 Å². The maximum absolute atomic E-state index is 14.0. The molecule has 0 aliphatic heterocycles. The lowest BCUT2D eigenvalue weighted by Gasteiger charge is -2.15. The smallest absolute Gasteiger partial charge is 0.149 e. The second-order valence-corrected chi connectivity index (χ2v) is 12.7. The molecule has 0 unspecified atom stereocenters. The molecular weight excluding hydrogens is 370 g/mol. The largest absolute Gasteiger partial charge is 0.360 e. The third-order valence-electron chi connectivity index (χ3n) is 3.17. The van der Waals surface area contributed by atoms with Gasteiger partial charge in [0.1, 0.15) is 18.4 Å². The van der Waals surface area contributed by atoms with Crippen molar-refractivity contribution in [1.29, 1.82) is 0 Å². The summed E-state index contributed by atoms with van der Waals surface area (Å²) in [6.45, 7) is 7.89. The van der Waals surface area contributed by atoms with Crippen molar-refractivity contribution in [2.75, 3.05) is 6.61 Å². The van der Waals surface area contributed by atoms with Crippen molar-refractivity contribution in [3.8, 4) is 11.3 Å². The van der Waals surface area contributed by atoms with Gasteiger partial charge in [-0.25, -0.2) is 13.5 Å². The van der Waals surface area contributed by atoms with Gasteiger partial charge in [0.15, 0.2) is 0 Å². The number of hydrogen-bond donors (Lipinski definition) is 0. The van der Waals surface area contributed by atoms with Crippen LogP contribution >= 0.6 is 15.9 Å². The maximum Gasteiger partial charge on any atom is 0.149 e. The first kappa shape index (κ1) is 17.3. The molecule has 1 aromatic heterocycles. The van der Waals surface area contributed by atoms with Gasteiger partial charge in [-0.05, 0) is 40.2 Å². The maximum atomic E-state index is 14.0. The Morgan fingerprint density at radius 2 is 1.95 bits per heavy atom. The van der Waals surface area contributed by atoms with Gasteiger partial charge in [0.2, 0.25) is 0 Å². The normalized spacial score (nSPS) is 11.9. The fraction of sp³-hybridized carbons (Fsp3) is 0.400. The number of halogens is 3. The lowest BCUT2D eigenvalue weighted by Crippen LogP contribution is -2.22. The van der Waals surface area contributed by atoms with Gasteiger partial charge >= 0.3 is 0 Å². The van der Waals surface area contributed by atoms with Crippen LogP contribution in [0.2, 0.25) is 25.7 Å². The van der Waals surface area contributed by atoms with E-state index in [9.17, 15) is 8.78 Å². The Morgan fingerprint density at radius 3 is 2.64 bits per heavy atom. The van der Waals surface area contributed by atoms with E-state index in [4.69, 9.17) is 4.74 Å². The summed E-state index contributed by atoms with van der Waals surface area (Å²) in [5, 5.41) is 4.27. The van der Waals surface area contributed by atoms with Gasteiger partial charge in [0.25, 0.3) is 0 Å². The van der Waals surface area contributed by atoms with Gasteiger partial charge in [0.05, 0.1) is 10.2 Å². The summed E-state index contributed by atoms with van der Waals surface area (Å²) in [5.41, 5.74) is 0.709. The highest BCUT2D eigenvalue weighted by Gasteiger charge is 2.15. The molecule has 0 fully saturated rings. The van der Waals surface area contributed by atoms with Crippen LogP contribution in [0, 0.1) is 11.6 Å². The number of ether oxygens (including phenoxy) is 1. The Kier molecular flexibility index (Phi) is 5.52. The first-order valence-electron chi connectivity index (χ1n) is 7.03. The highest BCUT2D eigenvalue weighted by Crippen LogP contribution is 2.28. The molecule has 0 amide bonds. The van der Waals surface area contributed by atoms with Crippen LogP contribution in [0.4, 0.5) is 8.78 Å². The average Bonchev–Trinajstić information content (AvgIpc) is 2.89. The number of rotatable bonds is 6. The van der Waals surface area contributed by atoms with Crippen LogP contribution in [0.15, 0.2) is 28.9 Å². The van der Waals surface area contributed by atoms with Gasteiger partial charge in [-0.2, -0.15) is 5.10 Å². The van der Waals surface area contributed by atoms with Crippen LogP contribution in [-0.4, -0.2) is 24.5 Å². The summed E-state index contributed by atoms with van der Waals surface area (Å²) in [7, 11) is -1.11. The van der Waals surface area contributed by atoms with E-state index in [1.54, 1.807) is 16.9 Å². The van der Waals surface area contributed by atoms with E-state index in [1.165, 1.54) is 12.1 Å². The first-order chi connectivity index (χ1) is 10.3. The minimum atomic E-state index is -1.11. The number of hydrogen-bond acceptors (Lipinski definition) is 2. The van der Waals surface area contributed by atoms with E-state index < -0.39 is 19.7 Å². The summed E-state index contributed by atoms with van der Waals surface area (Å²) in [6.07, 6.45) is 1.72. The molecular formula is C15H19BrF2N2OSi. The van der Waals surface area contributed by atoms with E-state index in [-0.39, 0.29) is 10.0 Å². The zero-order valence-corrected chi connectivity index (χ0v) is 15.5. The Bertz CT molecular complexity index is 655. The van der Waals surface area contributed by atoms with E-state index >= 15 is 0 Å². The van der Waals surface area contributed by atoms with E-state index in [0.29, 0.717) is 19.0 Å². The van der Waals surface area contributed by atoms with Crippen LogP contribution in [0.5, 0.6) is 0 Å². The average molecular weight is 389 g/mol. The van der Waals surface area contributed by atoms with Crippen molar-refractivity contribution < 1.29 is 13.5 Å². The van der Waals surface area contributed by atoms with Gasteiger partial charge in [0, 0.05) is 26.4 Å². The minimum absolute atomic E-state index is 0.175. The molecule has 0 N–H and O–H groups in total. The second kappa shape index (κ2) is 7.02. The quantitative estimate of drug-likeness (QED) is 0.399. The summed E-state index contributed by atoms with van der Waals surface area (Å²) < 4.78 is 34.3. The fourth-order valence-electron chi connectivity index (χ4n) is 1.84. The molecule has 3 nitrogen and oxygen atoms in total. The van der Waals surface area contributed by atoms with Crippen LogP contribution in [-0.2, 0) is 11.5 Å². The summed E-state index contributed by atoms with van der Waals surface area (Å²) in [4.78, 5) is 0. The predicted octanol–water partition coefficient (Wildman–Crippen LogP) is 4.90. The summed E-state index contributed by atoms with van der Waals surface area (Å²) in [6, 6.07) is 5.37. The van der Waals surface area contributed by atoms with Crippen LogP contribution in [0.3, 0.4) is 0 Å². The molecule has 2 rings (SSSR count). The Morgan fingerprint density at radius 1 is 1.23 bits per heavy atom.